The standard InChI is InChI=1S/C15H18N2O6/c1-3-23-12-6-5-10(9-11(12)17(21)22)13(18)16-8-4-7-15(16,2)14(19)20/h5-6,9H,3-4,7-8H2,1-2H3,(H,19,20). The Morgan fingerprint density at radius 2 is 2.17 bits per heavy atom. The number of rotatable bonds is 5. The number of nitro groups is 1. The Labute approximate surface area is 132 Å². The van der Waals surface area contributed by atoms with E-state index in [1.807, 2.05) is 0 Å². The van der Waals surface area contributed by atoms with Gasteiger partial charge < -0.3 is 14.7 Å². The first-order valence-corrected chi connectivity index (χ1v) is 7.28. The van der Waals surface area contributed by atoms with Gasteiger partial charge in [0.1, 0.15) is 5.54 Å². The maximum Gasteiger partial charge on any atom is 0.329 e. The summed E-state index contributed by atoms with van der Waals surface area (Å²) in [5.74, 6) is -1.53. The molecule has 0 saturated carbocycles. The second-order valence-electron chi connectivity index (χ2n) is 5.51. The molecule has 23 heavy (non-hydrogen) atoms. The van der Waals surface area contributed by atoms with Crippen LogP contribution in [0.4, 0.5) is 5.69 Å². The number of nitro benzene ring substituents is 1. The molecule has 8 nitrogen and oxygen atoms in total. The van der Waals surface area contributed by atoms with Gasteiger partial charge in [0.05, 0.1) is 11.5 Å². The second-order valence-corrected chi connectivity index (χ2v) is 5.51. The van der Waals surface area contributed by atoms with Crippen molar-refractivity contribution >= 4 is 17.6 Å². The van der Waals surface area contributed by atoms with E-state index in [1.54, 1.807) is 6.92 Å². The van der Waals surface area contributed by atoms with Crippen LogP contribution in [0.15, 0.2) is 18.2 Å². The molecule has 1 atom stereocenters. The number of carboxylic acids is 1. The summed E-state index contributed by atoms with van der Waals surface area (Å²) >= 11 is 0. The Morgan fingerprint density at radius 1 is 1.48 bits per heavy atom. The second kappa shape index (κ2) is 6.23. The monoisotopic (exact) mass is 322 g/mol. The highest BCUT2D eigenvalue weighted by Gasteiger charge is 2.46. The summed E-state index contributed by atoms with van der Waals surface area (Å²) in [7, 11) is 0. The first kappa shape index (κ1) is 16.7. The van der Waals surface area contributed by atoms with Gasteiger partial charge in [0.25, 0.3) is 5.91 Å². The minimum Gasteiger partial charge on any atom is -0.487 e. The molecule has 1 unspecified atom stereocenters. The maximum atomic E-state index is 12.6. The zero-order valence-electron chi connectivity index (χ0n) is 12.9. The highest BCUT2D eigenvalue weighted by Crippen LogP contribution is 2.33. The van der Waals surface area contributed by atoms with Gasteiger partial charge in [-0.2, -0.15) is 0 Å². The van der Waals surface area contributed by atoms with Crippen molar-refractivity contribution in [1.82, 2.24) is 4.90 Å². The van der Waals surface area contributed by atoms with Crippen LogP contribution in [0.5, 0.6) is 5.75 Å². The maximum absolute atomic E-state index is 12.6. The molecule has 1 amide bonds. The zero-order valence-corrected chi connectivity index (χ0v) is 12.9. The molecule has 0 aromatic heterocycles. The molecule has 1 saturated heterocycles. The zero-order chi connectivity index (χ0) is 17.2. The van der Waals surface area contributed by atoms with Crippen molar-refractivity contribution in [3.05, 3.63) is 33.9 Å². The summed E-state index contributed by atoms with van der Waals surface area (Å²) < 4.78 is 5.18. The number of hydrogen-bond acceptors (Lipinski definition) is 5. The first-order chi connectivity index (χ1) is 10.8. The number of nitrogens with zero attached hydrogens (tertiary/aromatic N) is 2. The Morgan fingerprint density at radius 3 is 2.74 bits per heavy atom. The van der Waals surface area contributed by atoms with Crippen LogP contribution < -0.4 is 4.74 Å². The topological polar surface area (TPSA) is 110 Å². The molecule has 2 rings (SSSR count). The van der Waals surface area contributed by atoms with E-state index in [-0.39, 0.29) is 23.6 Å². The highest BCUT2D eigenvalue weighted by atomic mass is 16.6. The van der Waals surface area contributed by atoms with Crippen molar-refractivity contribution in [1.29, 1.82) is 0 Å². The average Bonchev–Trinajstić information content (AvgIpc) is 2.90. The van der Waals surface area contributed by atoms with Crippen molar-refractivity contribution in [2.24, 2.45) is 0 Å². The SMILES string of the molecule is CCOc1ccc(C(=O)N2CCCC2(C)C(=O)O)cc1[N+](=O)[O-]. The number of carbonyl (C=O) groups excluding carboxylic acids is 1. The molecule has 0 aliphatic carbocycles. The normalized spacial score (nSPS) is 20.3. The molecule has 1 aliphatic heterocycles. The molecule has 1 heterocycles. The fourth-order valence-corrected chi connectivity index (χ4v) is 2.74. The Balaban J connectivity index is 2.38. The minimum atomic E-state index is -1.29. The van der Waals surface area contributed by atoms with E-state index in [9.17, 15) is 24.8 Å². The highest BCUT2D eigenvalue weighted by molar-refractivity contribution is 5.98. The molecule has 1 N–H and O–H groups in total. The number of carbonyl (C=O) groups is 2. The molecule has 1 aliphatic rings. The Hall–Kier alpha value is -2.64. The molecule has 0 radical (unpaired) electrons. The molecule has 1 aromatic rings. The van der Waals surface area contributed by atoms with Crippen LogP contribution in [0.1, 0.15) is 37.0 Å². The van der Waals surface area contributed by atoms with E-state index < -0.39 is 22.3 Å². The summed E-state index contributed by atoms with van der Waals surface area (Å²) in [5, 5.41) is 20.5. The average molecular weight is 322 g/mol. The summed E-state index contributed by atoms with van der Waals surface area (Å²) in [4.78, 5) is 35.8. The number of benzene rings is 1. The van der Waals surface area contributed by atoms with Crippen LogP contribution in [0.2, 0.25) is 0 Å². The third kappa shape index (κ3) is 2.96. The molecule has 1 aromatic carbocycles. The van der Waals surface area contributed by atoms with Crippen molar-refractivity contribution < 1.29 is 24.4 Å². The number of hydrogen-bond donors (Lipinski definition) is 1. The number of aliphatic carboxylic acids is 1. The van der Waals surface area contributed by atoms with E-state index in [1.165, 1.54) is 24.0 Å². The lowest BCUT2D eigenvalue weighted by molar-refractivity contribution is -0.385. The van der Waals surface area contributed by atoms with E-state index in [0.29, 0.717) is 19.4 Å². The van der Waals surface area contributed by atoms with Gasteiger partial charge in [-0.25, -0.2) is 4.79 Å². The first-order valence-electron chi connectivity index (χ1n) is 7.28. The van der Waals surface area contributed by atoms with Crippen molar-refractivity contribution in [3.8, 4) is 5.75 Å². The molecule has 0 bridgehead atoms. The number of ether oxygens (including phenoxy) is 1. The fraction of sp³-hybridized carbons (Fsp3) is 0.467. The Kier molecular flexibility index (Phi) is 4.53. The predicted molar refractivity (Wildman–Crippen MR) is 80.6 cm³/mol. The van der Waals surface area contributed by atoms with Crippen LogP contribution in [-0.4, -0.2) is 45.5 Å². The molecule has 0 spiro atoms. The molecule has 124 valence electrons. The van der Waals surface area contributed by atoms with Crippen molar-refractivity contribution in [2.45, 2.75) is 32.2 Å². The summed E-state index contributed by atoms with van der Waals surface area (Å²) in [5.41, 5.74) is -1.52. The van der Waals surface area contributed by atoms with Gasteiger partial charge in [0.2, 0.25) is 0 Å². The number of carboxylic acid groups (broad SMARTS) is 1. The smallest absolute Gasteiger partial charge is 0.329 e. The Bertz CT molecular complexity index is 659. The largest absolute Gasteiger partial charge is 0.487 e. The van der Waals surface area contributed by atoms with Gasteiger partial charge in [-0.1, -0.05) is 0 Å². The summed E-state index contributed by atoms with van der Waals surface area (Å²) in [6.45, 7) is 3.76. The van der Waals surface area contributed by atoms with Crippen molar-refractivity contribution in [3.63, 3.8) is 0 Å². The van der Waals surface area contributed by atoms with E-state index in [4.69, 9.17) is 4.74 Å². The number of likely N-dealkylation sites (tertiary alicyclic amines) is 1. The lowest BCUT2D eigenvalue weighted by atomic mass is 9.98. The molecular weight excluding hydrogens is 304 g/mol. The fourth-order valence-electron chi connectivity index (χ4n) is 2.74. The molecule has 1 fully saturated rings. The van der Waals surface area contributed by atoms with E-state index in [2.05, 4.69) is 0 Å². The third-order valence-corrected chi connectivity index (χ3v) is 4.05. The lowest BCUT2D eigenvalue weighted by Crippen LogP contribution is -2.50. The lowest BCUT2D eigenvalue weighted by Gasteiger charge is -2.31. The van der Waals surface area contributed by atoms with Gasteiger partial charge >= 0.3 is 11.7 Å². The van der Waals surface area contributed by atoms with E-state index >= 15 is 0 Å². The van der Waals surface area contributed by atoms with E-state index in [0.717, 1.165) is 6.07 Å². The third-order valence-electron chi connectivity index (χ3n) is 4.05. The quantitative estimate of drug-likeness (QED) is 0.656. The van der Waals surface area contributed by atoms with Gasteiger partial charge in [0, 0.05) is 18.2 Å². The summed E-state index contributed by atoms with van der Waals surface area (Å²) in [6, 6.07) is 3.91. The van der Waals surface area contributed by atoms with Crippen LogP contribution in [0.25, 0.3) is 0 Å². The predicted octanol–water partition coefficient (Wildman–Crippen LogP) is 2.07. The van der Waals surface area contributed by atoms with Gasteiger partial charge in [-0.05, 0) is 38.8 Å². The number of amides is 1. The van der Waals surface area contributed by atoms with Gasteiger partial charge in [-0.15, -0.1) is 0 Å². The van der Waals surface area contributed by atoms with Crippen LogP contribution in [0.3, 0.4) is 0 Å². The van der Waals surface area contributed by atoms with Crippen LogP contribution >= 0.6 is 0 Å². The van der Waals surface area contributed by atoms with Crippen LogP contribution in [0, 0.1) is 10.1 Å². The van der Waals surface area contributed by atoms with Crippen LogP contribution in [-0.2, 0) is 4.79 Å². The minimum absolute atomic E-state index is 0.0783. The molecule has 8 heteroatoms. The van der Waals surface area contributed by atoms with Crippen molar-refractivity contribution in [2.75, 3.05) is 13.2 Å². The molecular formula is C15H18N2O6. The van der Waals surface area contributed by atoms with Gasteiger partial charge in [0.15, 0.2) is 5.75 Å². The van der Waals surface area contributed by atoms with Gasteiger partial charge in [-0.3, -0.25) is 14.9 Å². The summed E-state index contributed by atoms with van der Waals surface area (Å²) in [6.07, 6.45) is 0.931.